The Morgan fingerprint density at radius 2 is 1.20 bits per heavy atom. The van der Waals surface area contributed by atoms with Crippen LogP contribution in [0.5, 0.6) is 0 Å². The van der Waals surface area contributed by atoms with E-state index in [0.29, 0.717) is 23.2 Å². The molecular formula is C48H27N5OS. The molecule has 6 nitrogen and oxygen atoms in total. The highest BCUT2D eigenvalue weighted by Crippen LogP contribution is 2.43. The van der Waals surface area contributed by atoms with Crippen molar-refractivity contribution in [3.63, 3.8) is 0 Å². The van der Waals surface area contributed by atoms with Crippen LogP contribution in [-0.2, 0) is 0 Å². The standard InChI is InChI=1S/C48H27N5OS/c1-2-13-29(14-3-1)45-50-46(52-47(51-45)37-20-10-18-34-32-17-7-9-23-40(32)55-44(34)37)36-26-27-49-48-41(36)35-19-11-22-39(43(35)54-48)53-38-21-8-6-16-31(38)33-25-24-28-12-4-5-15-30(28)42(33)53/h1-27H. The van der Waals surface area contributed by atoms with E-state index in [4.69, 9.17) is 24.4 Å². The van der Waals surface area contributed by atoms with Crippen molar-refractivity contribution in [3.05, 3.63) is 164 Å². The molecule has 12 aromatic rings. The normalized spacial score (nSPS) is 12.0. The highest BCUT2D eigenvalue weighted by Gasteiger charge is 2.23. The summed E-state index contributed by atoms with van der Waals surface area (Å²) in [5, 5.41) is 8.98. The molecule has 0 radical (unpaired) electrons. The first-order valence-electron chi connectivity index (χ1n) is 18.2. The molecule has 0 saturated carbocycles. The summed E-state index contributed by atoms with van der Waals surface area (Å²) >= 11 is 1.77. The predicted octanol–water partition coefficient (Wildman–Crippen LogP) is 12.8. The maximum atomic E-state index is 6.80. The van der Waals surface area contributed by atoms with Crippen LogP contribution in [0.2, 0.25) is 0 Å². The molecule has 55 heavy (non-hydrogen) atoms. The Bertz CT molecular complexity index is 3510. The number of pyridine rings is 1. The Morgan fingerprint density at radius 1 is 0.491 bits per heavy atom. The van der Waals surface area contributed by atoms with Gasteiger partial charge in [0.25, 0.3) is 0 Å². The van der Waals surface area contributed by atoms with E-state index in [1.807, 2.05) is 36.4 Å². The maximum absolute atomic E-state index is 6.80. The number of para-hydroxylation sites is 2. The van der Waals surface area contributed by atoms with E-state index >= 15 is 0 Å². The molecule has 0 atom stereocenters. The van der Waals surface area contributed by atoms with Crippen molar-refractivity contribution in [2.24, 2.45) is 0 Å². The van der Waals surface area contributed by atoms with Gasteiger partial charge in [0.15, 0.2) is 23.1 Å². The van der Waals surface area contributed by atoms with Gasteiger partial charge >= 0.3 is 0 Å². The van der Waals surface area contributed by atoms with E-state index in [1.165, 1.54) is 37.0 Å². The lowest BCUT2D eigenvalue weighted by Gasteiger charge is -2.11. The van der Waals surface area contributed by atoms with Crippen molar-refractivity contribution in [2.75, 3.05) is 0 Å². The lowest BCUT2D eigenvalue weighted by molar-refractivity contribution is 0.652. The van der Waals surface area contributed by atoms with E-state index in [-0.39, 0.29) is 0 Å². The summed E-state index contributed by atoms with van der Waals surface area (Å²) in [7, 11) is 0. The van der Waals surface area contributed by atoms with E-state index < -0.39 is 0 Å². The molecule has 0 spiro atoms. The molecule has 0 bridgehead atoms. The highest BCUT2D eigenvalue weighted by atomic mass is 32.1. The van der Waals surface area contributed by atoms with Gasteiger partial charge in [-0.2, -0.15) is 0 Å². The summed E-state index contributed by atoms with van der Waals surface area (Å²) in [5.74, 6) is 1.79. The van der Waals surface area contributed by atoms with Crippen molar-refractivity contribution in [3.8, 4) is 39.9 Å². The molecule has 5 aromatic heterocycles. The summed E-state index contributed by atoms with van der Waals surface area (Å²) in [5.41, 5.74) is 7.20. The van der Waals surface area contributed by atoms with Gasteiger partial charge in [-0.25, -0.2) is 19.9 Å². The van der Waals surface area contributed by atoms with Gasteiger partial charge in [0, 0.05) is 64.6 Å². The Labute approximate surface area is 317 Å². The first-order valence-corrected chi connectivity index (χ1v) is 19.0. The number of nitrogens with zero attached hydrogens (tertiary/aromatic N) is 5. The van der Waals surface area contributed by atoms with Crippen LogP contribution in [0.15, 0.2) is 168 Å². The first-order chi connectivity index (χ1) is 27.3. The molecule has 0 amide bonds. The zero-order chi connectivity index (χ0) is 36.0. The number of hydrogen-bond acceptors (Lipinski definition) is 6. The molecule has 7 aromatic carbocycles. The van der Waals surface area contributed by atoms with Gasteiger partial charge in [0.2, 0.25) is 5.71 Å². The van der Waals surface area contributed by atoms with Gasteiger partial charge in [0.05, 0.1) is 22.1 Å². The van der Waals surface area contributed by atoms with Crippen LogP contribution in [0.4, 0.5) is 0 Å². The third kappa shape index (κ3) is 4.48. The van der Waals surface area contributed by atoms with Gasteiger partial charge in [0.1, 0.15) is 0 Å². The quantitative estimate of drug-likeness (QED) is 0.181. The van der Waals surface area contributed by atoms with Gasteiger partial charge in [-0.3, -0.25) is 0 Å². The largest absolute Gasteiger partial charge is 0.435 e. The second-order valence-corrected chi connectivity index (χ2v) is 14.8. The Kier molecular flexibility index (Phi) is 6.40. The lowest BCUT2D eigenvalue weighted by Crippen LogP contribution is -2.00. The second-order valence-electron chi connectivity index (χ2n) is 13.8. The third-order valence-electron chi connectivity index (χ3n) is 10.7. The summed E-state index contributed by atoms with van der Waals surface area (Å²) in [6.07, 6.45) is 1.78. The van der Waals surface area contributed by atoms with Gasteiger partial charge < -0.3 is 8.98 Å². The Balaban J connectivity index is 1.13. The van der Waals surface area contributed by atoms with Crippen LogP contribution in [0.25, 0.3) is 115 Å². The average molecular weight is 722 g/mol. The fourth-order valence-electron chi connectivity index (χ4n) is 8.31. The van der Waals surface area contributed by atoms with Crippen molar-refractivity contribution < 1.29 is 4.42 Å². The van der Waals surface area contributed by atoms with E-state index in [0.717, 1.165) is 54.5 Å². The molecule has 12 rings (SSSR count). The summed E-state index contributed by atoms with van der Waals surface area (Å²) < 4.78 is 11.5. The summed E-state index contributed by atoms with van der Waals surface area (Å²) in [4.78, 5) is 20.3. The maximum Gasteiger partial charge on any atom is 0.228 e. The number of thiophene rings is 1. The number of hydrogen-bond donors (Lipinski definition) is 0. The minimum Gasteiger partial charge on any atom is -0.435 e. The van der Waals surface area contributed by atoms with Gasteiger partial charge in [-0.1, -0.05) is 127 Å². The Hall–Kier alpha value is -7.22. The molecule has 0 saturated heterocycles. The molecule has 0 fully saturated rings. The van der Waals surface area contributed by atoms with Crippen LogP contribution in [0.3, 0.4) is 0 Å². The molecule has 5 heterocycles. The van der Waals surface area contributed by atoms with Crippen LogP contribution in [0, 0.1) is 0 Å². The fraction of sp³-hybridized carbons (Fsp3) is 0. The van der Waals surface area contributed by atoms with Crippen molar-refractivity contribution in [1.29, 1.82) is 0 Å². The number of benzene rings is 7. The molecule has 0 aliphatic rings. The smallest absolute Gasteiger partial charge is 0.228 e. The molecule has 7 heteroatoms. The van der Waals surface area contributed by atoms with Crippen LogP contribution >= 0.6 is 11.3 Å². The van der Waals surface area contributed by atoms with Crippen molar-refractivity contribution in [1.82, 2.24) is 24.5 Å². The molecule has 256 valence electrons. The Morgan fingerprint density at radius 3 is 2.11 bits per heavy atom. The number of furan rings is 1. The molecule has 0 unspecified atom stereocenters. The molecular weight excluding hydrogens is 695 g/mol. The number of aromatic nitrogens is 5. The van der Waals surface area contributed by atoms with Crippen LogP contribution < -0.4 is 0 Å². The third-order valence-corrected chi connectivity index (χ3v) is 12.0. The molecule has 0 N–H and O–H groups in total. The predicted molar refractivity (Wildman–Crippen MR) is 226 cm³/mol. The molecule has 0 aliphatic heterocycles. The minimum absolute atomic E-state index is 0.528. The van der Waals surface area contributed by atoms with E-state index in [2.05, 4.69) is 126 Å². The van der Waals surface area contributed by atoms with Crippen LogP contribution in [-0.4, -0.2) is 24.5 Å². The SMILES string of the molecule is c1ccc(-c2nc(-c3cccc4c3sc3ccccc34)nc(-c3ccnc4oc5c(-n6c7ccccc7c7ccc8ccccc8c76)cccc5c34)n2)cc1. The van der Waals surface area contributed by atoms with E-state index in [1.54, 1.807) is 17.5 Å². The topological polar surface area (TPSA) is 69.6 Å². The number of fused-ring (bicyclic) bond motifs is 11. The van der Waals surface area contributed by atoms with Gasteiger partial charge in [-0.05, 0) is 35.7 Å². The number of rotatable bonds is 4. The fourth-order valence-corrected chi connectivity index (χ4v) is 9.52. The minimum atomic E-state index is 0.528. The summed E-state index contributed by atoms with van der Waals surface area (Å²) in [6.45, 7) is 0. The second kappa shape index (κ2) is 11.6. The van der Waals surface area contributed by atoms with Crippen LogP contribution in [0.1, 0.15) is 0 Å². The highest BCUT2D eigenvalue weighted by molar-refractivity contribution is 7.26. The van der Waals surface area contributed by atoms with Crippen molar-refractivity contribution >= 4 is 86.2 Å². The monoisotopic (exact) mass is 721 g/mol. The van der Waals surface area contributed by atoms with Crippen molar-refractivity contribution in [2.45, 2.75) is 0 Å². The zero-order valence-corrected chi connectivity index (χ0v) is 30.0. The first kappa shape index (κ1) is 30.3. The average Bonchev–Trinajstić information content (AvgIpc) is 3.94. The van der Waals surface area contributed by atoms with E-state index in [9.17, 15) is 0 Å². The lowest BCUT2D eigenvalue weighted by atomic mass is 10.1. The summed E-state index contributed by atoms with van der Waals surface area (Å²) in [6, 6.07) is 55.0. The zero-order valence-electron chi connectivity index (χ0n) is 29.1. The molecule has 0 aliphatic carbocycles. The van der Waals surface area contributed by atoms with Gasteiger partial charge in [-0.15, -0.1) is 11.3 Å².